The van der Waals surface area contributed by atoms with Gasteiger partial charge in [-0.1, -0.05) is 24.3 Å². The maximum Gasteiger partial charge on any atom is 0.257 e. The van der Waals surface area contributed by atoms with E-state index < -0.39 is 0 Å². The van der Waals surface area contributed by atoms with Gasteiger partial charge in [0.2, 0.25) is 0 Å². The minimum Gasteiger partial charge on any atom is -0.338 e. The van der Waals surface area contributed by atoms with E-state index in [1.165, 1.54) is 0 Å². The van der Waals surface area contributed by atoms with Gasteiger partial charge in [-0.2, -0.15) is 0 Å². The van der Waals surface area contributed by atoms with E-state index in [4.69, 9.17) is 0 Å². The molecule has 2 aromatic heterocycles. The molecule has 0 saturated heterocycles. The van der Waals surface area contributed by atoms with Crippen molar-refractivity contribution in [1.82, 2.24) is 9.97 Å². The zero-order chi connectivity index (χ0) is 19.5. The van der Waals surface area contributed by atoms with E-state index >= 15 is 0 Å². The van der Waals surface area contributed by atoms with Crippen molar-refractivity contribution in [2.45, 2.75) is 13.8 Å². The molecule has 0 unspecified atom stereocenters. The summed E-state index contributed by atoms with van der Waals surface area (Å²) in [6.45, 7) is 4.01. The lowest BCUT2D eigenvalue weighted by molar-refractivity contribution is 0.102. The Morgan fingerprint density at radius 3 is 2.43 bits per heavy atom. The van der Waals surface area contributed by atoms with Gasteiger partial charge in [-0.05, 0) is 61.4 Å². The number of aromatic nitrogens is 2. The van der Waals surface area contributed by atoms with Crippen LogP contribution < -0.4 is 10.6 Å². The number of rotatable bonds is 4. The van der Waals surface area contributed by atoms with Gasteiger partial charge in [0, 0.05) is 23.5 Å². The van der Waals surface area contributed by atoms with Crippen LogP contribution in [0.4, 0.5) is 17.2 Å². The van der Waals surface area contributed by atoms with Crippen molar-refractivity contribution in [3.8, 4) is 0 Å². The van der Waals surface area contributed by atoms with Crippen LogP contribution in [0.3, 0.4) is 0 Å². The fraction of sp³-hybridized carbons (Fsp3) is 0.0870. The van der Waals surface area contributed by atoms with Crippen molar-refractivity contribution >= 4 is 34.0 Å². The Hall–Kier alpha value is -3.73. The molecule has 0 bridgehead atoms. The van der Waals surface area contributed by atoms with Gasteiger partial charge in [-0.3, -0.25) is 9.78 Å². The molecule has 0 aliphatic carbocycles. The molecule has 0 spiro atoms. The van der Waals surface area contributed by atoms with Crippen molar-refractivity contribution in [2.75, 3.05) is 10.6 Å². The molecule has 2 N–H and O–H groups in total. The van der Waals surface area contributed by atoms with Crippen LogP contribution in [0.1, 0.15) is 21.5 Å². The van der Waals surface area contributed by atoms with Crippen LogP contribution in [-0.4, -0.2) is 15.9 Å². The van der Waals surface area contributed by atoms with Crippen LogP contribution in [-0.2, 0) is 0 Å². The van der Waals surface area contributed by atoms with Crippen LogP contribution in [0.15, 0.2) is 73.1 Å². The maximum atomic E-state index is 12.5. The third-order valence-corrected chi connectivity index (χ3v) is 4.40. The molecule has 0 aliphatic heterocycles. The second-order valence-corrected chi connectivity index (χ2v) is 6.77. The maximum absolute atomic E-state index is 12.5. The highest BCUT2D eigenvalue weighted by Gasteiger charge is 2.08. The number of nitrogens with zero attached hydrogens (tertiary/aromatic N) is 2. The summed E-state index contributed by atoms with van der Waals surface area (Å²) in [6.07, 6.45) is 3.33. The van der Waals surface area contributed by atoms with Crippen LogP contribution >= 0.6 is 0 Å². The predicted molar refractivity (Wildman–Crippen MR) is 113 cm³/mol. The molecule has 0 fully saturated rings. The van der Waals surface area contributed by atoms with Crippen molar-refractivity contribution in [3.05, 3.63) is 89.7 Å². The van der Waals surface area contributed by atoms with E-state index in [2.05, 4.69) is 26.7 Å². The highest BCUT2D eigenvalue weighted by Crippen LogP contribution is 2.24. The standard InChI is InChI=1S/C23H20N4O/c1-15-11-16(2)13-19(12-15)26-23(28)18-8-9-21(25-14-18)27-20-7-3-5-17-6-4-10-24-22(17)20/h3-14H,1-2H3,(H,25,27)(H,26,28). The Morgan fingerprint density at radius 1 is 0.893 bits per heavy atom. The van der Waals surface area contributed by atoms with Gasteiger partial charge in [-0.15, -0.1) is 0 Å². The monoisotopic (exact) mass is 368 g/mol. The number of carbonyl (C=O) groups is 1. The number of carbonyl (C=O) groups excluding carboxylic acids is 1. The largest absolute Gasteiger partial charge is 0.338 e. The number of hydrogen-bond donors (Lipinski definition) is 2. The Bertz CT molecular complexity index is 1130. The molecular weight excluding hydrogens is 348 g/mol. The molecular formula is C23H20N4O. The van der Waals surface area contributed by atoms with E-state index in [0.29, 0.717) is 11.4 Å². The van der Waals surface area contributed by atoms with Crippen LogP contribution in [0.2, 0.25) is 0 Å². The minimum absolute atomic E-state index is 0.184. The predicted octanol–water partition coefficient (Wildman–Crippen LogP) is 5.24. The second kappa shape index (κ2) is 7.48. The number of nitrogens with one attached hydrogen (secondary N) is 2. The van der Waals surface area contributed by atoms with Crippen molar-refractivity contribution in [2.24, 2.45) is 0 Å². The molecule has 2 aromatic carbocycles. The summed E-state index contributed by atoms with van der Waals surface area (Å²) < 4.78 is 0. The van der Waals surface area contributed by atoms with Gasteiger partial charge >= 0.3 is 0 Å². The van der Waals surface area contributed by atoms with Crippen LogP contribution in [0.25, 0.3) is 10.9 Å². The number of benzene rings is 2. The Labute approximate surface area is 163 Å². The van der Waals surface area contributed by atoms with Gasteiger partial charge < -0.3 is 10.6 Å². The molecule has 0 saturated carbocycles. The van der Waals surface area contributed by atoms with Gasteiger partial charge in [-0.25, -0.2) is 4.98 Å². The SMILES string of the molecule is Cc1cc(C)cc(NC(=O)c2ccc(Nc3cccc4cccnc34)nc2)c1. The average molecular weight is 368 g/mol. The zero-order valence-electron chi connectivity index (χ0n) is 15.7. The number of para-hydroxylation sites is 1. The number of aryl methyl sites for hydroxylation is 2. The third kappa shape index (κ3) is 3.83. The molecule has 0 atom stereocenters. The lowest BCUT2D eigenvalue weighted by atomic mass is 10.1. The molecule has 5 heteroatoms. The number of fused-ring (bicyclic) bond motifs is 1. The van der Waals surface area contributed by atoms with Crippen LogP contribution in [0, 0.1) is 13.8 Å². The molecule has 1 amide bonds. The Morgan fingerprint density at radius 2 is 1.68 bits per heavy atom. The van der Waals surface area contributed by atoms with E-state index in [-0.39, 0.29) is 5.91 Å². The van der Waals surface area contributed by atoms with Crippen molar-refractivity contribution < 1.29 is 4.79 Å². The molecule has 28 heavy (non-hydrogen) atoms. The normalized spacial score (nSPS) is 10.6. The van der Waals surface area contributed by atoms with E-state index in [0.717, 1.165) is 33.4 Å². The number of amides is 1. The number of anilines is 3. The summed E-state index contributed by atoms with van der Waals surface area (Å²) in [7, 11) is 0. The Kier molecular flexibility index (Phi) is 4.72. The molecule has 4 aromatic rings. The highest BCUT2D eigenvalue weighted by atomic mass is 16.1. The van der Waals surface area contributed by atoms with Crippen molar-refractivity contribution in [3.63, 3.8) is 0 Å². The van der Waals surface area contributed by atoms with Crippen LogP contribution in [0.5, 0.6) is 0 Å². The lowest BCUT2D eigenvalue weighted by Gasteiger charge is -2.10. The first-order chi connectivity index (χ1) is 13.6. The van der Waals surface area contributed by atoms with E-state index in [1.807, 2.05) is 56.3 Å². The molecule has 4 rings (SSSR count). The van der Waals surface area contributed by atoms with Gasteiger partial charge in [0.05, 0.1) is 16.8 Å². The first-order valence-corrected chi connectivity index (χ1v) is 9.05. The average Bonchev–Trinajstić information content (AvgIpc) is 2.68. The smallest absolute Gasteiger partial charge is 0.257 e. The summed E-state index contributed by atoms with van der Waals surface area (Å²) in [5, 5.41) is 7.25. The highest BCUT2D eigenvalue weighted by molar-refractivity contribution is 6.04. The fourth-order valence-corrected chi connectivity index (χ4v) is 3.20. The number of hydrogen-bond acceptors (Lipinski definition) is 4. The molecule has 2 heterocycles. The summed E-state index contributed by atoms with van der Waals surface area (Å²) in [4.78, 5) is 21.3. The number of pyridine rings is 2. The minimum atomic E-state index is -0.184. The quantitative estimate of drug-likeness (QED) is 0.517. The summed E-state index contributed by atoms with van der Waals surface area (Å²) in [5.74, 6) is 0.469. The molecule has 0 radical (unpaired) electrons. The summed E-state index contributed by atoms with van der Waals surface area (Å²) in [6, 6.07) is 19.4. The lowest BCUT2D eigenvalue weighted by Crippen LogP contribution is -2.12. The summed E-state index contributed by atoms with van der Waals surface area (Å²) >= 11 is 0. The van der Waals surface area contributed by atoms with E-state index in [9.17, 15) is 4.79 Å². The Balaban J connectivity index is 1.51. The van der Waals surface area contributed by atoms with Gasteiger partial charge in [0.25, 0.3) is 5.91 Å². The molecule has 0 aliphatic rings. The van der Waals surface area contributed by atoms with Gasteiger partial charge in [0.15, 0.2) is 0 Å². The second-order valence-electron chi connectivity index (χ2n) is 6.77. The molecule has 5 nitrogen and oxygen atoms in total. The van der Waals surface area contributed by atoms with E-state index in [1.54, 1.807) is 24.5 Å². The van der Waals surface area contributed by atoms with Crippen molar-refractivity contribution in [1.29, 1.82) is 0 Å². The van der Waals surface area contributed by atoms with Gasteiger partial charge in [0.1, 0.15) is 5.82 Å². The first kappa shape index (κ1) is 17.7. The molecule has 138 valence electrons. The zero-order valence-corrected chi connectivity index (χ0v) is 15.7. The third-order valence-electron chi connectivity index (χ3n) is 4.40. The summed E-state index contributed by atoms with van der Waals surface area (Å²) in [5.41, 5.74) is 5.25. The topological polar surface area (TPSA) is 66.9 Å². The fourth-order valence-electron chi connectivity index (χ4n) is 3.20. The first-order valence-electron chi connectivity index (χ1n) is 9.05.